The Balaban J connectivity index is 0.00000161. The number of fused-ring (bicyclic) bond motifs is 1. The molecule has 4 heteroatoms. The second-order valence-corrected chi connectivity index (χ2v) is 5.57. The van der Waals surface area contributed by atoms with Crippen molar-refractivity contribution in [1.82, 2.24) is 9.55 Å². The minimum atomic E-state index is 0. The van der Waals surface area contributed by atoms with E-state index in [2.05, 4.69) is 53.6 Å². The summed E-state index contributed by atoms with van der Waals surface area (Å²) in [5.74, 6) is 1.96. The first kappa shape index (κ1) is 15.7. The average molecular weight is 316 g/mol. The quantitative estimate of drug-likeness (QED) is 0.525. The van der Waals surface area contributed by atoms with Crippen molar-refractivity contribution in [2.45, 2.75) is 17.2 Å². The molecule has 2 nitrogen and oxygen atoms in total. The molecule has 3 rings (SSSR count). The summed E-state index contributed by atoms with van der Waals surface area (Å²) in [5.41, 5.74) is 2.23. The van der Waals surface area contributed by atoms with E-state index in [-0.39, 0.29) is 12.4 Å². The Morgan fingerprint density at radius 2 is 1.76 bits per heavy atom. The Morgan fingerprint density at radius 3 is 2.52 bits per heavy atom. The normalized spacial score (nSPS) is 10.3. The fourth-order valence-corrected chi connectivity index (χ4v) is 3.10. The number of allylic oxidation sites excluding steroid dienone is 1. The Labute approximate surface area is 135 Å². The van der Waals surface area contributed by atoms with E-state index >= 15 is 0 Å². The zero-order chi connectivity index (χ0) is 13.8. The van der Waals surface area contributed by atoms with Crippen LogP contribution in [0.4, 0.5) is 0 Å². The first-order valence-electron chi connectivity index (χ1n) is 6.61. The third-order valence-electron chi connectivity index (χ3n) is 3.16. The van der Waals surface area contributed by atoms with Crippen LogP contribution in [-0.2, 0) is 12.3 Å². The van der Waals surface area contributed by atoms with Gasteiger partial charge < -0.3 is 17.0 Å². The van der Waals surface area contributed by atoms with Crippen molar-refractivity contribution < 1.29 is 12.4 Å². The highest BCUT2D eigenvalue weighted by atomic mass is 35.5. The molecule has 0 unspecified atom stereocenters. The molecule has 0 saturated carbocycles. The molecular weight excluding hydrogens is 300 g/mol. The number of imidazole rings is 1. The van der Waals surface area contributed by atoms with Crippen LogP contribution in [0.1, 0.15) is 5.82 Å². The number of benzene rings is 2. The molecule has 1 aromatic heterocycles. The van der Waals surface area contributed by atoms with E-state index in [0.29, 0.717) is 0 Å². The molecule has 0 atom stereocenters. The Kier molecular flexibility index (Phi) is 5.48. The molecule has 0 N–H and O–H groups in total. The van der Waals surface area contributed by atoms with Gasteiger partial charge in [-0.2, -0.15) is 0 Å². The van der Waals surface area contributed by atoms with Crippen LogP contribution in [0.2, 0.25) is 0 Å². The molecule has 0 aliphatic rings. The molecule has 0 aliphatic heterocycles. The first-order chi connectivity index (χ1) is 9.88. The lowest BCUT2D eigenvalue weighted by Crippen LogP contribution is -3.00. The van der Waals surface area contributed by atoms with Gasteiger partial charge in [-0.3, -0.25) is 0 Å². The van der Waals surface area contributed by atoms with E-state index in [1.165, 1.54) is 10.4 Å². The highest BCUT2D eigenvalue weighted by Crippen LogP contribution is 2.24. The van der Waals surface area contributed by atoms with Gasteiger partial charge in [0.2, 0.25) is 0 Å². The zero-order valence-corrected chi connectivity index (χ0v) is 13.1. The lowest BCUT2D eigenvalue weighted by molar-refractivity contribution is -0.00000406. The van der Waals surface area contributed by atoms with Crippen molar-refractivity contribution in [1.29, 1.82) is 0 Å². The highest BCUT2D eigenvalue weighted by molar-refractivity contribution is 7.98. The number of hydrogen-bond donors (Lipinski definition) is 0. The molecule has 0 aliphatic carbocycles. The molecular formula is C17H16ClN2S-. The lowest BCUT2D eigenvalue weighted by Gasteiger charge is -2.06. The van der Waals surface area contributed by atoms with Crippen LogP contribution in [-0.4, -0.2) is 9.55 Å². The molecule has 0 fully saturated rings. The SMILES string of the molecule is C=CCn1c(CSc2ccccc2)nc2ccccc21.[Cl-]. The number of aromatic nitrogens is 2. The van der Waals surface area contributed by atoms with E-state index in [9.17, 15) is 0 Å². The fraction of sp³-hybridized carbons (Fsp3) is 0.118. The van der Waals surface area contributed by atoms with Gasteiger partial charge in [-0.05, 0) is 24.3 Å². The van der Waals surface area contributed by atoms with Crippen molar-refractivity contribution in [3.8, 4) is 0 Å². The first-order valence-corrected chi connectivity index (χ1v) is 7.60. The molecule has 0 radical (unpaired) electrons. The maximum atomic E-state index is 4.74. The smallest absolute Gasteiger partial charge is 0.120 e. The Hall–Kier alpha value is -1.71. The summed E-state index contributed by atoms with van der Waals surface area (Å²) in [7, 11) is 0. The molecule has 0 spiro atoms. The molecule has 0 saturated heterocycles. The summed E-state index contributed by atoms with van der Waals surface area (Å²) in [5, 5.41) is 0. The van der Waals surface area contributed by atoms with Crippen molar-refractivity contribution in [2.75, 3.05) is 0 Å². The van der Waals surface area contributed by atoms with Gasteiger partial charge in [-0.25, -0.2) is 4.98 Å². The molecule has 0 amide bonds. The minimum absolute atomic E-state index is 0. The van der Waals surface area contributed by atoms with Gasteiger partial charge in [0.25, 0.3) is 0 Å². The van der Waals surface area contributed by atoms with Crippen LogP contribution >= 0.6 is 11.8 Å². The van der Waals surface area contributed by atoms with E-state index in [1.807, 2.05) is 30.0 Å². The van der Waals surface area contributed by atoms with Crippen molar-refractivity contribution in [3.63, 3.8) is 0 Å². The van der Waals surface area contributed by atoms with Crippen molar-refractivity contribution >= 4 is 22.8 Å². The average Bonchev–Trinajstić information content (AvgIpc) is 2.85. The third kappa shape index (κ3) is 3.49. The largest absolute Gasteiger partial charge is 1.00 e. The van der Waals surface area contributed by atoms with Crippen molar-refractivity contribution in [2.24, 2.45) is 0 Å². The van der Waals surface area contributed by atoms with E-state index < -0.39 is 0 Å². The number of halogens is 1. The number of para-hydroxylation sites is 2. The van der Waals surface area contributed by atoms with Gasteiger partial charge >= 0.3 is 0 Å². The summed E-state index contributed by atoms with van der Waals surface area (Å²) >= 11 is 1.81. The van der Waals surface area contributed by atoms with E-state index in [1.54, 1.807) is 0 Å². The number of nitrogens with zero attached hydrogens (tertiary/aromatic N) is 2. The molecule has 0 bridgehead atoms. The van der Waals surface area contributed by atoms with Gasteiger partial charge in [0.05, 0.1) is 16.8 Å². The van der Waals surface area contributed by atoms with Crippen LogP contribution < -0.4 is 12.4 Å². The second-order valence-electron chi connectivity index (χ2n) is 4.52. The van der Waals surface area contributed by atoms with Crippen molar-refractivity contribution in [3.05, 3.63) is 73.1 Å². The van der Waals surface area contributed by atoms with Gasteiger partial charge in [-0.1, -0.05) is 36.4 Å². The number of hydrogen-bond acceptors (Lipinski definition) is 2. The molecule has 1 heterocycles. The predicted octanol–water partition coefficient (Wildman–Crippen LogP) is 1.52. The number of thioether (sulfide) groups is 1. The van der Waals surface area contributed by atoms with Gasteiger partial charge in [0, 0.05) is 11.4 Å². The number of rotatable bonds is 5. The summed E-state index contributed by atoms with van der Waals surface area (Å²) in [6, 6.07) is 18.7. The Morgan fingerprint density at radius 1 is 1.05 bits per heavy atom. The monoisotopic (exact) mass is 315 g/mol. The summed E-state index contributed by atoms with van der Waals surface area (Å²) in [6.07, 6.45) is 1.92. The van der Waals surface area contributed by atoms with Crippen LogP contribution in [0.25, 0.3) is 11.0 Å². The van der Waals surface area contributed by atoms with E-state index in [4.69, 9.17) is 4.98 Å². The fourth-order valence-electron chi connectivity index (χ4n) is 2.23. The Bertz CT molecular complexity index is 722. The minimum Gasteiger partial charge on any atom is -1.00 e. The van der Waals surface area contributed by atoms with Gasteiger partial charge in [0.15, 0.2) is 0 Å². The van der Waals surface area contributed by atoms with Gasteiger partial charge in [-0.15, -0.1) is 18.3 Å². The van der Waals surface area contributed by atoms with E-state index in [0.717, 1.165) is 23.6 Å². The maximum Gasteiger partial charge on any atom is 0.120 e. The summed E-state index contributed by atoms with van der Waals surface area (Å²) < 4.78 is 2.23. The van der Waals surface area contributed by atoms with Crippen LogP contribution in [0.3, 0.4) is 0 Å². The predicted molar refractivity (Wildman–Crippen MR) is 85.9 cm³/mol. The second kappa shape index (κ2) is 7.34. The topological polar surface area (TPSA) is 17.8 Å². The molecule has 2 aromatic carbocycles. The van der Waals surface area contributed by atoms with Gasteiger partial charge in [0.1, 0.15) is 5.82 Å². The van der Waals surface area contributed by atoms with Crippen LogP contribution in [0, 0.1) is 0 Å². The third-order valence-corrected chi connectivity index (χ3v) is 4.16. The highest BCUT2D eigenvalue weighted by Gasteiger charge is 2.09. The molecule has 21 heavy (non-hydrogen) atoms. The van der Waals surface area contributed by atoms with Crippen LogP contribution in [0.15, 0.2) is 72.1 Å². The standard InChI is InChI=1S/C17H16N2S.ClH/c1-2-12-19-16-11-7-6-10-15(16)18-17(19)13-20-14-8-4-3-5-9-14;/h2-11H,1,12-13H2;1H/p-1. The molecule has 3 aromatic rings. The summed E-state index contributed by atoms with van der Waals surface area (Å²) in [4.78, 5) is 6.01. The lowest BCUT2D eigenvalue weighted by atomic mass is 10.3. The van der Waals surface area contributed by atoms with Crippen LogP contribution in [0.5, 0.6) is 0 Å². The summed E-state index contributed by atoms with van der Waals surface area (Å²) in [6.45, 7) is 4.64. The maximum absolute atomic E-state index is 4.74. The molecule has 108 valence electrons. The zero-order valence-electron chi connectivity index (χ0n) is 11.6.